The van der Waals surface area contributed by atoms with Gasteiger partial charge in [0.05, 0.1) is 0 Å². The molecule has 0 N–H and O–H groups in total. The van der Waals surface area contributed by atoms with Gasteiger partial charge in [0.25, 0.3) is 0 Å². The highest BCUT2D eigenvalue weighted by Crippen LogP contribution is 2.34. The average Bonchev–Trinajstić information content (AvgIpc) is 1.65. The Hall–Kier alpha value is 0. The van der Waals surface area contributed by atoms with Gasteiger partial charge in [-0.15, -0.1) is 0 Å². The minimum absolute atomic E-state index is 0. The standard InChI is InChI=1S/C8H16.H2/c1-8(2)6-4-3-5-7-8;/h3-7H2,1-2H3;1H/i;1+1. The van der Waals surface area contributed by atoms with Crippen molar-refractivity contribution in [2.45, 2.75) is 46.0 Å². The van der Waals surface area contributed by atoms with Gasteiger partial charge in [-0.05, 0) is 18.3 Å². The molecule has 0 aromatic heterocycles. The van der Waals surface area contributed by atoms with Crippen LogP contribution in [0.15, 0.2) is 0 Å². The molecule has 1 aliphatic rings. The zero-order valence-electron chi connectivity index (χ0n) is 6.04. The van der Waals surface area contributed by atoms with Gasteiger partial charge in [0, 0.05) is 1.43 Å². The van der Waals surface area contributed by atoms with Crippen LogP contribution in [0.25, 0.3) is 0 Å². The van der Waals surface area contributed by atoms with E-state index >= 15 is 0 Å². The third kappa shape index (κ3) is 1.50. The summed E-state index contributed by atoms with van der Waals surface area (Å²) < 4.78 is 0. The van der Waals surface area contributed by atoms with Crippen molar-refractivity contribution >= 4 is 0 Å². The maximum Gasteiger partial charge on any atom is 0 e. The first kappa shape index (κ1) is 6.12. The molecule has 1 aliphatic carbocycles. The van der Waals surface area contributed by atoms with Gasteiger partial charge in [-0.2, -0.15) is 0 Å². The smallest absolute Gasteiger partial charge is 0 e. The fourth-order valence-electron chi connectivity index (χ4n) is 1.51. The van der Waals surface area contributed by atoms with Crippen LogP contribution in [-0.2, 0) is 0 Å². The molecule has 8 heavy (non-hydrogen) atoms. The van der Waals surface area contributed by atoms with Crippen molar-refractivity contribution in [2.75, 3.05) is 0 Å². The zero-order valence-corrected chi connectivity index (χ0v) is 6.04. The maximum absolute atomic E-state index is 2.38. The minimum atomic E-state index is 0. The predicted octanol–water partition coefficient (Wildman–Crippen LogP) is 3.22. The number of hydrogen-bond acceptors (Lipinski definition) is 0. The first-order valence-electron chi connectivity index (χ1n) is 3.71. The summed E-state index contributed by atoms with van der Waals surface area (Å²) in [5.74, 6) is 0. The van der Waals surface area contributed by atoms with Crippen LogP contribution < -0.4 is 0 Å². The molecule has 1 fully saturated rings. The zero-order chi connectivity index (χ0) is 6.04. The Morgan fingerprint density at radius 3 is 1.75 bits per heavy atom. The molecule has 1 rings (SSSR count). The fraction of sp³-hybridized carbons (Fsp3) is 1.00. The van der Waals surface area contributed by atoms with Gasteiger partial charge in [0.1, 0.15) is 0 Å². The normalized spacial score (nSPS) is 27.8. The minimum Gasteiger partial charge on any atom is -0.0599 e. The highest BCUT2D eigenvalue weighted by molar-refractivity contribution is 4.72. The molecule has 0 saturated heterocycles. The maximum atomic E-state index is 2.38. The van der Waals surface area contributed by atoms with Gasteiger partial charge < -0.3 is 0 Å². The topological polar surface area (TPSA) is 0 Å². The third-order valence-electron chi connectivity index (χ3n) is 2.21. The predicted molar refractivity (Wildman–Crippen MR) is 39.0 cm³/mol. The van der Waals surface area contributed by atoms with E-state index in [4.69, 9.17) is 0 Å². The fourth-order valence-corrected chi connectivity index (χ4v) is 1.51. The summed E-state index contributed by atoms with van der Waals surface area (Å²) in [5.41, 5.74) is 0.679. The number of hydrogen-bond donors (Lipinski definition) is 0. The van der Waals surface area contributed by atoms with Crippen molar-refractivity contribution in [3.63, 3.8) is 0 Å². The lowest BCUT2D eigenvalue weighted by Gasteiger charge is -2.28. The Kier molecular flexibility index (Phi) is 1.59. The molecule has 0 aliphatic heterocycles. The molecule has 0 bridgehead atoms. The van der Waals surface area contributed by atoms with Crippen LogP contribution in [0.3, 0.4) is 0 Å². The van der Waals surface area contributed by atoms with Crippen molar-refractivity contribution in [3.05, 3.63) is 0 Å². The summed E-state index contributed by atoms with van der Waals surface area (Å²) in [5, 5.41) is 0. The van der Waals surface area contributed by atoms with E-state index in [1.807, 2.05) is 0 Å². The average molecular weight is 115 g/mol. The molecule has 50 valence electrons. The van der Waals surface area contributed by atoms with Crippen LogP contribution in [0.4, 0.5) is 0 Å². The third-order valence-corrected chi connectivity index (χ3v) is 2.21. The molecule has 0 heteroatoms. The molecule has 0 aromatic rings. The molecule has 0 heterocycles. The highest BCUT2D eigenvalue weighted by Gasteiger charge is 2.19. The van der Waals surface area contributed by atoms with Crippen molar-refractivity contribution in [2.24, 2.45) is 5.41 Å². The van der Waals surface area contributed by atoms with Crippen molar-refractivity contribution < 1.29 is 1.43 Å². The summed E-state index contributed by atoms with van der Waals surface area (Å²) >= 11 is 0. The van der Waals surface area contributed by atoms with E-state index in [0.29, 0.717) is 5.41 Å². The van der Waals surface area contributed by atoms with E-state index in [0.717, 1.165) is 0 Å². The Morgan fingerprint density at radius 1 is 1.00 bits per heavy atom. The SMILES string of the molecule is CC1(C)CCCCC1.[2HH]. The Morgan fingerprint density at radius 2 is 1.50 bits per heavy atom. The van der Waals surface area contributed by atoms with Gasteiger partial charge in [-0.25, -0.2) is 0 Å². The van der Waals surface area contributed by atoms with Crippen LogP contribution >= 0.6 is 0 Å². The molecule has 0 spiro atoms. The summed E-state index contributed by atoms with van der Waals surface area (Å²) in [6.07, 6.45) is 7.31. The van der Waals surface area contributed by atoms with Gasteiger partial charge in [-0.3, -0.25) is 0 Å². The van der Waals surface area contributed by atoms with Crippen LogP contribution in [0, 0.1) is 5.41 Å². The van der Waals surface area contributed by atoms with Crippen molar-refractivity contribution in [1.29, 1.82) is 0 Å². The van der Waals surface area contributed by atoms with E-state index < -0.39 is 0 Å². The molecule has 0 atom stereocenters. The van der Waals surface area contributed by atoms with Crippen LogP contribution in [0.1, 0.15) is 47.4 Å². The monoisotopic (exact) mass is 115 g/mol. The molecule has 0 radical (unpaired) electrons. The van der Waals surface area contributed by atoms with Crippen LogP contribution in [0.2, 0.25) is 0 Å². The van der Waals surface area contributed by atoms with E-state index in [9.17, 15) is 0 Å². The van der Waals surface area contributed by atoms with Gasteiger partial charge >= 0.3 is 0 Å². The molecular weight excluding hydrogens is 96.1 g/mol. The van der Waals surface area contributed by atoms with E-state index in [-0.39, 0.29) is 1.43 Å². The first-order valence-corrected chi connectivity index (χ1v) is 3.71. The van der Waals surface area contributed by atoms with Crippen molar-refractivity contribution in [1.82, 2.24) is 0 Å². The largest absolute Gasteiger partial charge is 0.0599 e. The lowest BCUT2D eigenvalue weighted by Crippen LogP contribution is -2.14. The first-order chi connectivity index (χ1) is 3.71. The van der Waals surface area contributed by atoms with Gasteiger partial charge in [0.15, 0.2) is 0 Å². The quantitative estimate of drug-likeness (QED) is 0.454. The molecule has 0 unspecified atom stereocenters. The Bertz CT molecular complexity index is 68.6. The van der Waals surface area contributed by atoms with Gasteiger partial charge in [0.2, 0.25) is 0 Å². The van der Waals surface area contributed by atoms with Gasteiger partial charge in [-0.1, -0.05) is 33.1 Å². The van der Waals surface area contributed by atoms with Crippen molar-refractivity contribution in [3.8, 4) is 0 Å². The Labute approximate surface area is 53.8 Å². The molecule has 1 saturated carbocycles. The summed E-state index contributed by atoms with van der Waals surface area (Å²) in [4.78, 5) is 0. The van der Waals surface area contributed by atoms with E-state index in [1.54, 1.807) is 0 Å². The second-order valence-corrected chi connectivity index (χ2v) is 3.72. The molecule has 0 amide bonds. The lowest BCUT2D eigenvalue weighted by atomic mass is 9.78. The van der Waals surface area contributed by atoms with Crippen LogP contribution in [0.5, 0.6) is 0 Å². The summed E-state index contributed by atoms with van der Waals surface area (Å²) in [7, 11) is 0. The summed E-state index contributed by atoms with van der Waals surface area (Å²) in [6.45, 7) is 4.76. The molecule has 0 aromatic carbocycles. The molecular formula is C8H18. The molecule has 0 nitrogen and oxygen atoms in total. The number of rotatable bonds is 0. The van der Waals surface area contributed by atoms with E-state index in [2.05, 4.69) is 13.8 Å². The summed E-state index contributed by atoms with van der Waals surface area (Å²) in [6, 6.07) is 0. The Balaban J connectivity index is 0.000000640. The van der Waals surface area contributed by atoms with Crippen LogP contribution in [-0.4, -0.2) is 0 Å². The second-order valence-electron chi connectivity index (χ2n) is 3.72. The highest BCUT2D eigenvalue weighted by atomic mass is 14.3. The second kappa shape index (κ2) is 2.08. The van der Waals surface area contributed by atoms with E-state index in [1.165, 1.54) is 32.1 Å². The lowest BCUT2D eigenvalue weighted by molar-refractivity contribution is 0.244.